The quantitative estimate of drug-likeness (QED) is 0.432. The first-order valence-electron chi connectivity index (χ1n) is 2.82. The van der Waals surface area contributed by atoms with E-state index in [1.165, 1.54) is 0 Å². The molecule has 1 aliphatic heterocycles. The Balaban J connectivity index is 2.28. The third kappa shape index (κ3) is 1.18. The summed E-state index contributed by atoms with van der Waals surface area (Å²) in [6.07, 6.45) is 0.338. The van der Waals surface area contributed by atoms with Crippen molar-refractivity contribution in [3.8, 4) is 0 Å². The number of hydrogen-bond donors (Lipinski definition) is 2. The zero-order valence-corrected chi connectivity index (χ0v) is 4.71. The van der Waals surface area contributed by atoms with Crippen LogP contribution in [-0.2, 0) is 4.74 Å². The summed E-state index contributed by atoms with van der Waals surface area (Å²) in [6, 6.07) is -0.0660. The minimum Gasteiger partial charge on any atom is -0.389 e. The molecule has 1 aliphatic rings. The van der Waals surface area contributed by atoms with Crippen LogP contribution in [0.15, 0.2) is 0 Å². The van der Waals surface area contributed by atoms with Gasteiger partial charge in [0.2, 0.25) is 0 Å². The molecule has 0 amide bonds. The van der Waals surface area contributed by atoms with E-state index in [2.05, 4.69) is 0 Å². The summed E-state index contributed by atoms with van der Waals surface area (Å²) < 4.78 is 4.92. The van der Waals surface area contributed by atoms with Crippen molar-refractivity contribution < 1.29 is 9.84 Å². The lowest BCUT2D eigenvalue weighted by Crippen LogP contribution is -2.42. The predicted molar refractivity (Wildman–Crippen MR) is 29.4 cm³/mol. The number of ether oxygens (including phenoxy) is 1. The summed E-state index contributed by atoms with van der Waals surface area (Å²) >= 11 is 0. The molecule has 1 unspecified atom stereocenters. The molecule has 0 aliphatic carbocycles. The Morgan fingerprint density at radius 1 is 1.62 bits per heavy atom. The van der Waals surface area contributed by atoms with Crippen molar-refractivity contribution >= 4 is 0 Å². The summed E-state index contributed by atoms with van der Waals surface area (Å²) in [4.78, 5) is 0. The van der Waals surface area contributed by atoms with E-state index in [-0.39, 0.29) is 6.04 Å². The minimum atomic E-state index is -0.441. The van der Waals surface area contributed by atoms with E-state index in [9.17, 15) is 0 Å². The summed E-state index contributed by atoms with van der Waals surface area (Å²) in [5.41, 5.74) is 5.45. The van der Waals surface area contributed by atoms with Gasteiger partial charge in [-0.3, -0.25) is 0 Å². The maximum atomic E-state index is 8.93. The molecule has 0 spiro atoms. The van der Waals surface area contributed by atoms with Crippen molar-refractivity contribution in [1.29, 1.82) is 0 Å². The molecule has 1 rings (SSSR count). The predicted octanol–water partition coefficient (Wildman–Crippen LogP) is -0.905. The third-order valence-corrected chi connectivity index (χ3v) is 1.38. The van der Waals surface area contributed by atoms with Crippen molar-refractivity contribution in [1.82, 2.24) is 0 Å². The second-order valence-corrected chi connectivity index (χ2v) is 2.09. The summed E-state index contributed by atoms with van der Waals surface area (Å²) in [5.74, 6) is 0. The van der Waals surface area contributed by atoms with E-state index in [0.717, 1.165) is 6.42 Å². The lowest BCUT2D eigenvalue weighted by molar-refractivity contribution is -0.0182. The number of aliphatic hydroxyl groups excluding tert-OH is 1. The smallest absolute Gasteiger partial charge is 0.0924 e. The van der Waals surface area contributed by atoms with E-state index in [1.807, 2.05) is 0 Å². The molecule has 3 nitrogen and oxygen atoms in total. The molecule has 0 aromatic carbocycles. The van der Waals surface area contributed by atoms with Gasteiger partial charge in [-0.1, -0.05) is 0 Å². The van der Waals surface area contributed by atoms with Gasteiger partial charge in [0.25, 0.3) is 0 Å². The Kier molecular flexibility index (Phi) is 1.83. The molecule has 0 aromatic heterocycles. The van der Waals surface area contributed by atoms with Gasteiger partial charge in [-0.05, 0) is 6.42 Å². The molecular weight excluding hydrogens is 106 g/mol. The molecule has 0 bridgehead atoms. The van der Waals surface area contributed by atoms with Crippen molar-refractivity contribution in [3.63, 3.8) is 0 Å². The standard InChI is InChI=1S/C5H11NO2/c6-4-1-2-8-3-5(4)7/h4-5,7H,1-3,6H2/t4?,5-/m0/s1. The van der Waals surface area contributed by atoms with Crippen LogP contribution in [0, 0.1) is 0 Å². The van der Waals surface area contributed by atoms with Crippen LogP contribution in [0.4, 0.5) is 0 Å². The molecule has 0 aromatic rings. The molecule has 8 heavy (non-hydrogen) atoms. The molecular formula is C5H11NO2. The molecule has 1 fully saturated rings. The molecule has 3 N–H and O–H groups in total. The van der Waals surface area contributed by atoms with Crippen molar-refractivity contribution in [2.45, 2.75) is 18.6 Å². The zero-order chi connectivity index (χ0) is 5.98. The lowest BCUT2D eigenvalue weighted by atomic mass is 10.1. The van der Waals surface area contributed by atoms with Crippen LogP contribution in [0.2, 0.25) is 0 Å². The fraction of sp³-hybridized carbons (Fsp3) is 1.00. The Morgan fingerprint density at radius 3 is 2.75 bits per heavy atom. The molecule has 0 radical (unpaired) electrons. The van der Waals surface area contributed by atoms with Crippen LogP contribution >= 0.6 is 0 Å². The van der Waals surface area contributed by atoms with E-state index < -0.39 is 6.10 Å². The fourth-order valence-electron chi connectivity index (χ4n) is 0.739. The summed E-state index contributed by atoms with van der Waals surface area (Å²) in [5, 5.41) is 8.93. The van der Waals surface area contributed by atoms with Gasteiger partial charge in [-0.2, -0.15) is 0 Å². The van der Waals surface area contributed by atoms with Gasteiger partial charge in [-0.15, -0.1) is 0 Å². The first-order chi connectivity index (χ1) is 3.80. The fourth-order valence-corrected chi connectivity index (χ4v) is 0.739. The maximum absolute atomic E-state index is 8.93. The Hall–Kier alpha value is -0.120. The maximum Gasteiger partial charge on any atom is 0.0924 e. The van der Waals surface area contributed by atoms with Gasteiger partial charge < -0.3 is 15.6 Å². The van der Waals surface area contributed by atoms with Gasteiger partial charge in [-0.25, -0.2) is 0 Å². The first kappa shape index (κ1) is 6.01. The molecule has 2 atom stereocenters. The van der Waals surface area contributed by atoms with Crippen molar-refractivity contribution in [2.24, 2.45) is 5.73 Å². The van der Waals surface area contributed by atoms with E-state index in [4.69, 9.17) is 15.6 Å². The van der Waals surface area contributed by atoms with Crippen LogP contribution in [0.3, 0.4) is 0 Å². The third-order valence-electron chi connectivity index (χ3n) is 1.38. The van der Waals surface area contributed by atoms with Gasteiger partial charge in [0.15, 0.2) is 0 Å². The van der Waals surface area contributed by atoms with Crippen molar-refractivity contribution in [3.05, 3.63) is 0 Å². The zero-order valence-electron chi connectivity index (χ0n) is 4.71. The molecule has 48 valence electrons. The number of hydrogen-bond acceptors (Lipinski definition) is 3. The minimum absolute atomic E-state index is 0.0660. The van der Waals surface area contributed by atoms with E-state index in [0.29, 0.717) is 13.2 Å². The Labute approximate surface area is 48.4 Å². The van der Waals surface area contributed by atoms with Crippen LogP contribution in [0.25, 0.3) is 0 Å². The average Bonchev–Trinajstić information content (AvgIpc) is 1.77. The highest BCUT2D eigenvalue weighted by atomic mass is 16.5. The summed E-state index contributed by atoms with van der Waals surface area (Å²) in [6.45, 7) is 1.10. The highest BCUT2D eigenvalue weighted by molar-refractivity contribution is 4.74. The van der Waals surface area contributed by atoms with E-state index in [1.54, 1.807) is 0 Å². The molecule has 0 saturated carbocycles. The molecule has 1 heterocycles. The van der Waals surface area contributed by atoms with Gasteiger partial charge in [0.05, 0.1) is 12.7 Å². The first-order valence-corrected chi connectivity index (χ1v) is 2.82. The van der Waals surface area contributed by atoms with Crippen molar-refractivity contribution in [2.75, 3.05) is 13.2 Å². The normalized spacial score (nSPS) is 39.8. The Morgan fingerprint density at radius 2 is 2.38 bits per heavy atom. The van der Waals surface area contributed by atoms with Crippen LogP contribution in [0.1, 0.15) is 6.42 Å². The highest BCUT2D eigenvalue weighted by Crippen LogP contribution is 2.03. The number of rotatable bonds is 0. The monoisotopic (exact) mass is 117 g/mol. The van der Waals surface area contributed by atoms with E-state index >= 15 is 0 Å². The van der Waals surface area contributed by atoms with Gasteiger partial charge >= 0.3 is 0 Å². The van der Waals surface area contributed by atoms with Gasteiger partial charge in [0.1, 0.15) is 0 Å². The topological polar surface area (TPSA) is 55.5 Å². The number of aliphatic hydroxyl groups is 1. The SMILES string of the molecule is NC1CCOC[C@@H]1O. The second kappa shape index (κ2) is 2.44. The highest BCUT2D eigenvalue weighted by Gasteiger charge is 2.18. The lowest BCUT2D eigenvalue weighted by Gasteiger charge is -2.23. The van der Waals surface area contributed by atoms with Crippen LogP contribution in [-0.4, -0.2) is 30.5 Å². The average molecular weight is 117 g/mol. The summed E-state index contributed by atoms with van der Waals surface area (Å²) in [7, 11) is 0. The largest absolute Gasteiger partial charge is 0.389 e. The Bertz CT molecular complexity index is 66.8. The molecule has 1 saturated heterocycles. The molecule has 3 heteroatoms. The van der Waals surface area contributed by atoms with Gasteiger partial charge in [0, 0.05) is 12.6 Å². The van der Waals surface area contributed by atoms with Crippen LogP contribution in [0.5, 0.6) is 0 Å². The van der Waals surface area contributed by atoms with Crippen LogP contribution < -0.4 is 5.73 Å². The second-order valence-electron chi connectivity index (χ2n) is 2.09. The number of nitrogens with two attached hydrogens (primary N) is 1.